The van der Waals surface area contributed by atoms with Crippen molar-refractivity contribution in [2.24, 2.45) is 0 Å². The summed E-state index contributed by atoms with van der Waals surface area (Å²) in [7, 11) is 0. The molecule has 2 aromatic heterocycles. The van der Waals surface area contributed by atoms with Crippen molar-refractivity contribution in [3.8, 4) is 11.5 Å². The third-order valence-corrected chi connectivity index (χ3v) is 15.8. The van der Waals surface area contributed by atoms with E-state index < -0.39 is 0 Å². The average Bonchev–Trinajstić information content (AvgIpc) is 3.83. The van der Waals surface area contributed by atoms with Gasteiger partial charge in [0.15, 0.2) is 0 Å². The number of hydrogen-bond donors (Lipinski definition) is 4. The van der Waals surface area contributed by atoms with Crippen molar-refractivity contribution in [2.75, 3.05) is 39.3 Å². The highest BCUT2D eigenvalue weighted by atomic mass is 35.5. The van der Waals surface area contributed by atoms with Crippen LogP contribution in [0.15, 0.2) is 97.1 Å². The molecule has 2 amide bonds. The molecule has 2 aliphatic heterocycles. The summed E-state index contributed by atoms with van der Waals surface area (Å²) >= 11 is 0. The van der Waals surface area contributed by atoms with Gasteiger partial charge in [0.25, 0.3) is 11.8 Å². The molecule has 71 heavy (non-hydrogen) atoms. The molecule has 6 aromatic rings. The molecule has 384 valence electrons. The average molecular weight is 1010 g/mol. The van der Waals surface area contributed by atoms with Crippen LogP contribution in [-0.2, 0) is 12.8 Å². The molecule has 2 saturated carbocycles. The smallest absolute Gasteiger partial charge is 0.253 e. The van der Waals surface area contributed by atoms with E-state index in [1.54, 1.807) is 24.3 Å². The summed E-state index contributed by atoms with van der Waals surface area (Å²) in [4.78, 5) is 32.1. The molecule has 4 aromatic carbocycles. The van der Waals surface area contributed by atoms with Gasteiger partial charge in [0.1, 0.15) is 11.5 Å². The highest BCUT2D eigenvalue weighted by molar-refractivity contribution is 6.10. The summed E-state index contributed by atoms with van der Waals surface area (Å²) in [6.45, 7) is 10.3. The number of aromatic hydroxyl groups is 2. The molecule has 0 atom stereocenters. The van der Waals surface area contributed by atoms with Crippen LogP contribution in [0.3, 0.4) is 0 Å². The fourth-order valence-electron chi connectivity index (χ4n) is 12.0. The summed E-state index contributed by atoms with van der Waals surface area (Å²) in [5.74, 6) is 0.443. The third-order valence-electron chi connectivity index (χ3n) is 15.8. The van der Waals surface area contributed by atoms with Crippen molar-refractivity contribution in [3.63, 3.8) is 0 Å². The van der Waals surface area contributed by atoms with Crippen molar-refractivity contribution in [1.29, 1.82) is 0 Å². The number of carbonyl (C=O) groups is 2. The van der Waals surface area contributed by atoms with E-state index in [0.29, 0.717) is 12.1 Å². The molecule has 4 heterocycles. The van der Waals surface area contributed by atoms with Crippen molar-refractivity contribution >= 4 is 58.4 Å². The van der Waals surface area contributed by atoms with E-state index in [9.17, 15) is 19.8 Å². The Morgan fingerprint density at radius 3 is 1.21 bits per heavy atom. The second-order valence-electron chi connectivity index (χ2n) is 20.3. The molecule has 13 heteroatoms. The minimum absolute atomic E-state index is 0. The van der Waals surface area contributed by atoms with Crippen LogP contribution in [0.4, 0.5) is 0 Å². The maximum Gasteiger partial charge on any atom is 0.253 e. The molecule has 0 spiro atoms. The number of fused-ring (bicyclic) bond motifs is 2. The van der Waals surface area contributed by atoms with Gasteiger partial charge < -0.3 is 45.3 Å². The highest BCUT2D eigenvalue weighted by Gasteiger charge is 2.30. The standard InChI is InChI=1S/2C29H37N3O2.2ClH.H2O/c2*1-21-28(26-20-25(33)12-13-27(26)32(21)24-10-6-3-7-11-24)29(34)30-23-15-18-31(19-16-23)17-14-22-8-4-2-5-9-22;;;/h2*2,4-5,8-9,12-13,20,23-24,33H,3,6-7,10-11,14-19H2,1H3,(H,30,34);2*1H;1H2. The lowest BCUT2D eigenvalue weighted by atomic mass is 9.95. The monoisotopic (exact) mass is 1010 g/mol. The van der Waals surface area contributed by atoms with Gasteiger partial charge in [0.05, 0.1) is 11.1 Å². The van der Waals surface area contributed by atoms with E-state index in [1.165, 1.54) is 49.7 Å². The first kappa shape index (κ1) is 55.3. The zero-order chi connectivity index (χ0) is 47.0. The van der Waals surface area contributed by atoms with Crippen molar-refractivity contribution in [3.05, 3.63) is 131 Å². The maximum absolute atomic E-state index is 13.5. The van der Waals surface area contributed by atoms with Crippen LogP contribution in [0.5, 0.6) is 11.5 Å². The Morgan fingerprint density at radius 1 is 0.507 bits per heavy atom. The summed E-state index contributed by atoms with van der Waals surface area (Å²) < 4.78 is 4.74. The minimum Gasteiger partial charge on any atom is -0.508 e. The number of nitrogens with zero attached hydrogens (tertiary/aromatic N) is 4. The van der Waals surface area contributed by atoms with Crippen LogP contribution in [-0.4, -0.2) is 97.8 Å². The molecule has 2 aliphatic carbocycles. The number of phenolic OH excluding ortho intramolecular Hbond substituents is 2. The number of phenols is 2. The highest BCUT2D eigenvalue weighted by Crippen LogP contribution is 2.39. The summed E-state index contributed by atoms with van der Waals surface area (Å²) in [5.41, 5.74) is 8.45. The molecular formula is C58H78Cl2N6O5. The van der Waals surface area contributed by atoms with Gasteiger partial charge in [-0.2, -0.15) is 0 Å². The lowest BCUT2D eigenvalue weighted by Crippen LogP contribution is -2.45. The second-order valence-corrected chi connectivity index (χ2v) is 20.3. The molecule has 0 bridgehead atoms. The molecular weight excluding hydrogens is 932 g/mol. The molecule has 6 N–H and O–H groups in total. The van der Waals surface area contributed by atoms with Crippen LogP contribution >= 0.6 is 24.8 Å². The van der Waals surface area contributed by atoms with E-state index in [1.807, 2.05) is 12.1 Å². The van der Waals surface area contributed by atoms with Crippen molar-refractivity contribution in [1.82, 2.24) is 29.6 Å². The zero-order valence-electron chi connectivity index (χ0n) is 41.9. The van der Waals surface area contributed by atoms with Crippen LogP contribution in [0.25, 0.3) is 21.8 Å². The van der Waals surface area contributed by atoms with Gasteiger partial charge >= 0.3 is 0 Å². The predicted molar refractivity (Wildman–Crippen MR) is 293 cm³/mol. The molecule has 11 nitrogen and oxygen atoms in total. The van der Waals surface area contributed by atoms with Gasteiger partial charge in [0, 0.05) is 96.6 Å². The largest absolute Gasteiger partial charge is 0.508 e. The van der Waals surface area contributed by atoms with Crippen LogP contribution < -0.4 is 10.6 Å². The molecule has 0 radical (unpaired) electrons. The second kappa shape index (κ2) is 26.1. The number of carbonyl (C=O) groups excluding carboxylic acids is 2. The normalized spacial score (nSPS) is 17.6. The summed E-state index contributed by atoms with van der Waals surface area (Å²) in [5, 5.41) is 28.8. The van der Waals surface area contributed by atoms with Gasteiger partial charge in [0.2, 0.25) is 0 Å². The number of likely N-dealkylation sites (tertiary alicyclic amines) is 2. The van der Waals surface area contributed by atoms with E-state index >= 15 is 0 Å². The molecule has 10 rings (SSSR count). The summed E-state index contributed by atoms with van der Waals surface area (Å²) in [6, 6.07) is 33.6. The lowest BCUT2D eigenvalue weighted by Gasteiger charge is -2.32. The van der Waals surface area contributed by atoms with Crippen LogP contribution in [0, 0.1) is 13.8 Å². The molecule has 0 unspecified atom stereocenters. The van der Waals surface area contributed by atoms with E-state index in [-0.39, 0.29) is 65.7 Å². The van der Waals surface area contributed by atoms with E-state index in [2.05, 4.69) is 104 Å². The third kappa shape index (κ3) is 13.3. The Morgan fingerprint density at radius 2 is 0.859 bits per heavy atom. The predicted octanol–water partition coefficient (Wildman–Crippen LogP) is 11.2. The van der Waals surface area contributed by atoms with Gasteiger partial charge in [-0.25, -0.2) is 0 Å². The number of aromatic nitrogens is 2. The number of halogens is 2. The Balaban J connectivity index is 0.000000223. The quantitative estimate of drug-likeness (QED) is 0.0960. The number of hydrogen-bond acceptors (Lipinski definition) is 6. The number of amides is 2. The first-order valence-electron chi connectivity index (χ1n) is 26.0. The Kier molecular flexibility index (Phi) is 20.3. The SMILES string of the molecule is Cc1c(C(=O)NC2CCN(CCc3ccccc3)CC2)c2cc(O)ccc2n1C1CCCCC1.Cc1c(C(=O)NC2CCN(CCc3ccccc3)CC2)c2cc(O)ccc2n1C1CCCCC1.Cl.Cl.O. The topological polar surface area (TPSA) is 146 Å². The van der Waals surface area contributed by atoms with Gasteiger partial charge in [-0.1, -0.05) is 99.2 Å². The minimum atomic E-state index is 0. The van der Waals surface area contributed by atoms with Crippen molar-refractivity contribution in [2.45, 2.75) is 141 Å². The number of nitrogens with one attached hydrogen (secondary N) is 2. The first-order chi connectivity index (χ1) is 33.2. The van der Waals surface area contributed by atoms with Crippen LogP contribution in [0.1, 0.15) is 145 Å². The Bertz CT molecular complexity index is 2450. The van der Waals surface area contributed by atoms with E-state index in [0.717, 1.165) is 148 Å². The fraction of sp³-hybridized carbons (Fsp3) is 0.483. The fourth-order valence-corrected chi connectivity index (χ4v) is 12.0. The molecule has 4 fully saturated rings. The number of benzene rings is 4. The van der Waals surface area contributed by atoms with Gasteiger partial charge in [-0.15, -0.1) is 24.8 Å². The molecule has 4 aliphatic rings. The van der Waals surface area contributed by atoms with E-state index in [4.69, 9.17) is 0 Å². The summed E-state index contributed by atoms with van der Waals surface area (Å²) in [6.07, 6.45) is 18.3. The van der Waals surface area contributed by atoms with Gasteiger partial charge in [-0.05, 0) is 126 Å². The molecule has 2 saturated heterocycles. The van der Waals surface area contributed by atoms with Gasteiger partial charge in [-0.3, -0.25) is 9.59 Å². The first-order valence-corrected chi connectivity index (χ1v) is 26.0. The zero-order valence-corrected chi connectivity index (χ0v) is 43.6. The lowest BCUT2D eigenvalue weighted by molar-refractivity contribution is 0.0903. The Labute approximate surface area is 433 Å². The number of piperidine rings is 2. The maximum atomic E-state index is 13.5. The Hall–Kier alpha value is -5.04. The van der Waals surface area contributed by atoms with Crippen molar-refractivity contribution < 1.29 is 25.3 Å². The van der Waals surface area contributed by atoms with Crippen LogP contribution in [0.2, 0.25) is 0 Å². The number of rotatable bonds is 12.